The Balaban J connectivity index is 1.55. The van der Waals surface area contributed by atoms with E-state index in [1.54, 1.807) is 0 Å². The maximum absolute atomic E-state index is 12.3. The summed E-state index contributed by atoms with van der Waals surface area (Å²) in [6.07, 6.45) is 0.294. The molecule has 0 aliphatic carbocycles. The van der Waals surface area contributed by atoms with E-state index in [1.165, 1.54) is 0 Å². The molecule has 0 saturated heterocycles. The molecule has 6 nitrogen and oxygen atoms in total. The van der Waals surface area contributed by atoms with Crippen LogP contribution in [-0.4, -0.2) is 23.3 Å². The number of amides is 1. The molecule has 2 aromatic rings. The Morgan fingerprint density at radius 1 is 1.33 bits per heavy atom. The number of aromatic nitrogens is 1. The van der Waals surface area contributed by atoms with Crippen LogP contribution in [0, 0.1) is 13.8 Å². The van der Waals surface area contributed by atoms with Crippen LogP contribution in [0.2, 0.25) is 0 Å². The third-order valence-corrected chi connectivity index (χ3v) is 4.25. The van der Waals surface area contributed by atoms with E-state index in [-0.39, 0.29) is 17.9 Å². The SMILES string of the molecule is Cc1noc(C)c1[C@@H](C)CNC(=O)C1=NO[C@@H](c2ccccc2)C1. The number of carbonyl (C=O) groups excluding carboxylic acids is 1. The average Bonchev–Trinajstić information content (AvgIpc) is 3.20. The van der Waals surface area contributed by atoms with Gasteiger partial charge in [-0.15, -0.1) is 0 Å². The van der Waals surface area contributed by atoms with Crippen molar-refractivity contribution in [2.24, 2.45) is 5.16 Å². The van der Waals surface area contributed by atoms with Crippen molar-refractivity contribution in [3.05, 3.63) is 52.9 Å². The van der Waals surface area contributed by atoms with Crippen molar-refractivity contribution < 1.29 is 14.2 Å². The lowest BCUT2D eigenvalue weighted by atomic mass is 9.99. The van der Waals surface area contributed by atoms with Gasteiger partial charge >= 0.3 is 0 Å². The van der Waals surface area contributed by atoms with Crippen molar-refractivity contribution in [2.75, 3.05) is 6.54 Å². The second kappa shape index (κ2) is 6.86. The largest absolute Gasteiger partial charge is 0.387 e. The van der Waals surface area contributed by atoms with Gasteiger partial charge in [0.1, 0.15) is 11.5 Å². The number of hydrogen-bond donors (Lipinski definition) is 1. The molecule has 24 heavy (non-hydrogen) atoms. The summed E-state index contributed by atoms with van der Waals surface area (Å²) in [5.41, 5.74) is 3.35. The molecule has 0 unspecified atom stereocenters. The van der Waals surface area contributed by atoms with Crippen molar-refractivity contribution in [3.8, 4) is 0 Å². The third kappa shape index (κ3) is 3.32. The molecular formula is C18H21N3O3. The summed E-state index contributed by atoms with van der Waals surface area (Å²) in [6, 6.07) is 9.79. The normalized spacial score (nSPS) is 18.0. The lowest BCUT2D eigenvalue weighted by Crippen LogP contribution is -2.33. The molecule has 0 radical (unpaired) electrons. The molecule has 2 atom stereocenters. The number of benzene rings is 1. The molecule has 3 rings (SSSR count). The first-order valence-corrected chi connectivity index (χ1v) is 8.05. The Morgan fingerprint density at radius 3 is 2.75 bits per heavy atom. The van der Waals surface area contributed by atoms with Crippen LogP contribution in [-0.2, 0) is 9.63 Å². The van der Waals surface area contributed by atoms with Gasteiger partial charge in [-0.25, -0.2) is 0 Å². The van der Waals surface area contributed by atoms with Gasteiger partial charge in [0, 0.05) is 24.4 Å². The molecule has 1 aromatic heterocycles. The number of oxime groups is 1. The highest BCUT2D eigenvalue weighted by atomic mass is 16.6. The van der Waals surface area contributed by atoms with E-state index in [2.05, 4.69) is 15.6 Å². The van der Waals surface area contributed by atoms with Gasteiger partial charge in [-0.1, -0.05) is 47.6 Å². The van der Waals surface area contributed by atoms with Crippen LogP contribution in [0.1, 0.15) is 47.9 Å². The number of carbonyl (C=O) groups is 1. The molecule has 0 saturated carbocycles. The zero-order valence-corrected chi connectivity index (χ0v) is 14.1. The smallest absolute Gasteiger partial charge is 0.269 e. The molecule has 126 valence electrons. The Morgan fingerprint density at radius 2 is 2.08 bits per heavy atom. The summed E-state index contributed by atoms with van der Waals surface area (Å²) in [4.78, 5) is 17.7. The van der Waals surface area contributed by atoms with Gasteiger partial charge < -0.3 is 14.7 Å². The van der Waals surface area contributed by atoms with Crippen LogP contribution in [0.5, 0.6) is 0 Å². The van der Waals surface area contributed by atoms with E-state index in [0.717, 1.165) is 22.6 Å². The number of nitrogens with zero attached hydrogens (tertiary/aromatic N) is 2. The van der Waals surface area contributed by atoms with Gasteiger partial charge in [-0.05, 0) is 19.4 Å². The Bertz CT molecular complexity index is 733. The summed E-state index contributed by atoms with van der Waals surface area (Å²) >= 11 is 0. The summed E-state index contributed by atoms with van der Waals surface area (Å²) < 4.78 is 5.18. The fraction of sp³-hybridized carbons (Fsp3) is 0.389. The number of aryl methyl sites for hydroxylation is 2. The van der Waals surface area contributed by atoms with E-state index in [4.69, 9.17) is 9.36 Å². The average molecular weight is 327 g/mol. The van der Waals surface area contributed by atoms with Crippen LogP contribution in [0.25, 0.3) is 0 Å². The zero-order valence-electron chi connectivity index (χ0n) is 14.1. The fourth-order valence-corrected chi connectivity index (χ4v) is 3.00. The van der Waals surface area contributed by atoms with Crippen LogP contribution < -0.4 is 5.32 Å². The maximum Gasteiger partial charge on any atom is 0.269 e. The molecule has 1 amide bonds. The van der Waals surface area contributed by atoms with Gasteiger partial charge in [-0.2, -0.15) is 0 Å². The van der Waals surface area contributed by atoms with Gasteiger partial charge in [0.05, 0.1) is 5.69 Å². The lowest BCUT2D eigenvalue weighted by molar-refractivity contribution is -0.115. The minimum absolute atomic E-state index is 0.119. The summed E-state index contributed by atoms with van der Waals surface area (Å²) in [5.74, 6) is 0.722. The predicted molar refractivity (Wildman–Crippen MR) is 89.7 cm³/mol. The standard InChI is InChI=1S/C18H21N3O3/c1-11(17-12(2)20-23-13(17)3)10-19-18(22)15-9-16(24-21-15)14-7-5-4-6-8-14/h4-8,11,16H,9-10H2,1-3H3,(H,19,22)/t11-,16+/m0/s1. The van der Waals surface area contributed by atoms with Crippen LogP contribution in [0.15, 0.2) is 40.0 Å². The molecule has 1 aliphatic rings. The van der Waals surface area contributed by atoms with Gasteiger partial charge in [0.15, 0.2) is 6.10 Å². The highest BCUT2D eigenvalue weighted by molar-refractivity contribution is 6.39. The van der Waals surface area contributed by atoms with Crippen molar-refractivity contribution in [1.29, 1.82) is 0 Å². The topological polar surface area (TPSA) is 76.7 Å². The van der Waals surface area contributed by atoms with Crippen molar-refractivity contribution in [1.82, 2.24) is 10.5 Å². The fourth-order valence-electron chi connectivity index (χ4n) is 3.00. The third-order valence-electron chi connectivity index (χ3n) is 4.25. The monoisotopic (exact) mass is 327 g/mol. The molecule has 2 heterocycles. The maximum atomic E-state index is 12.3. The Hall–Kier alpha value is -2.63. The Kier molecular flexibility index (Phi) is 4.64. The summed E-state index contributed by atoms with van der Waals surface area (Å²) in [5, 5.41) is 10.8. The summed E-state index contributed by atoms with van der Waals surface area (Å²) in [6.45, 7) is 6.32. The minimum Gasteiger partial charge on any atom is -0.387 e. The van der Waals surface area contributed by atoms with Crippen molar-refractivity contribution >= 4 is 11.6 Å². The minimum atomic E-state index is -0.188. The number of hydrogen-bond acceptors (Lipinski definition) is 5. The molecule has 0 bridgehead atoms. The Labute approximate surface area is 140 Å². The highest BCUT2D eigenvalue weighted by Crippen LogP contribution is 2.27. The number of nitrogens with one attached hydrogen (secondary N) is 1. The van der Waals surface area contributed by atoms with Crippen molar-refractivity contribution in [2.45, 2.75) is 39.2 Å². The van der Waals surface area contributed by atoms with E-state index >= 15 is 0 Å². The van der Waals surface area contributed by atoms with Crippen molar-refractivity contribution in [3.63, 3.8) is 0 Å². The zero-order chi connectivity index (χ0) is 17.1. The molecule has 0 fully saturated rings. The first-order valence-electron chi connectivity index (χ1n) is 8.05. The predicted octanol–water partition coefficient (Wildman–Crippen LogP) is 3.03. The second-order valence-electron chi connectivity index (χ2n) is 6.10. The first kappa shape index (κ1) is 16.2. The van der Waals surface area contributed by atoms with Gasteiger partial charge in [-0.3, -0.25) is 4.79 Å². The quantitative estimate of drug-likeness (QED) is 0.916. The van der Waals surface area contributed by atoms with E-state index < -0.39 is 0 Å². The molecule has 1 aliphatic heterocycles. The van der Waals surface area contributed by atoms with Crippen LogP contribution in [0.3, 0.4) is 0 Å². The van der Waals surface area contributed by atoms with Crippen LogP contribution in [0.4, 0.5) is 0 Å². The molecular weight excluding hydrogens is 306 g/mol. The lowest BCUT2D eigenvalue weighted by Gasteiger charge is -2.12. The van der Waals surface area contributed by atoms with E-state index in [0.29, 0.717) is 18.7 Å². The van der Waals surface area contributed by atoms with Gasteiger partial charge in [0.2, 0.25) is 0 Å². The van der Waals surface area contributed by atoms with E-state index in [9.17, 15) is 4.79 Å². The molecule has 1 N–H and O–H groups in total. The molecule has 0 spiro atoms. The number of rotatable bonds is 5. The second-order valence-corrected chi connectivity index (χ2v) is 6.10. The molecule has 1 aromatic carbocycles. The van der Waals surface area contributed by atoms with Gasteiger partial charge in [0.25, 0.3) is 5.91 Å². The van der Waals surface area contributed by atoms with Crippen LogP contribution >= 0.6 is 0 Å². The first-order chi connectivity index (χ1) is 11.6. The van der Waals surface area contributed by atoms with E-state index in [1.807, 2.05) is 51.1 Å². The molecule has 6 heteroatoms. The summed E-state index contributed by atoms with van der Waals surface area (Å²) in [7, 11) is 0. The highest BCUT2D eigenvalue weighted by Gasteiger charge is 2.27.